The summed E-state index contributed by atoms with van der Waals surface area (Å²) in [4.78, 5) is 26.5. The lowest BCUT2D eigenvalue weighted by molar-refractivity contribution is -0.138. The van der Waals surface area contributed by atoms with Crippen molar-refractivity contribution in [3.63, 3.8) is 0 Å². The van der Waals surface area contributed by atoms with Crippen LogP contribution in [0.3, 0.4) is 0 Å². The molecule has 0 bridgehead atoms. The Balaban J connectivity index is 2.00. The molecule has 1 aromatic heterocycles. The average molecular weight is 309 g/mol. The maximum Gasteiger partial charge on any atom is 0.303 e. The zero-order valence-electron chi connectivity index (χ0n) is 12.7. The van der Waals surface area contributed by atoms with Crippen LogP contribution >= 0.6 is 11.3 Å². The van der Waals surface area contributed by atoms with Gasteiger partial charge in [0.05, 0.1) is 5.41 Å². The van der Waals surface area contributed by atoms with Crippen molar-refractivity contribution in [3.05, 3.63) is 22.4 Å². The highest BCUT2D eigenvalue weighted by Crippen LogP contribution is 2.31. The van der Waals surface area contributed by atoms with Gasteiger partial charge in [-0.3, -0.25) is 9.59 Å². The third-order valence-corrected chi connectivity index (χ3v) is 5.44. The van der Waals surface area contributed by atoms with Crippen LogP contribution in [-0.4, -0.2) is 35.0 Å². The molecule has 1 aliphatic rings. The molecule has 21 heavy (non-hydrogen) atoms. The number of rotatable bonds is 5. The normalized spacial score (nSPS) is 19.5. The summed E-state index contributed by atoms with van der Waals surface area (Å²) in [6.45, 7) is 5.43. The second kappa shape index (κ2) is 6.60. The van der Waals surface area contributed by atoms with E-state index in [9.17, 15) is 9.59 Å². The number of hydrogen-bond acceptors (Lipinski definition) is 3. The predicted molar refractivity (Wildman–Crippen MR) is 83.5 cm³/mol. The van der Waals surface area contributed by atoms with E-state index >= 15 is 0 Å². The summed E-state index contributed by atoms with van der Waals surface area (Å²) in [5.41, 5.74) is -0.497. The molecule has 1 N–H and O–H groups in total. The van der Waals surface area contributed by atoms with E-state index in [-0.39, 0.29) is 12.3 Å². The summed E-state index contributed by atoms with van der Waals surface area (Å²) in [5, 5.41) is 10.8. The van der Waals surface area contributed by atoms with E-state index in [0.29, 0.717) is 18.9 Å². The number of likely N-dealkylation sites (tertiary alicyclic amines) is 1. The van der Waals surface area contributed by atoms with E-state index in [1.54, 1.807) is 11.3 Å². The first kappa shape index (κ1) is 16.0. The third kappa shape index (κ3) is 3.84. The number of carboxylic acids is 1. The zero-order chi connectivity index (χ0) is 15.5. The van der Waals surface area contributed by atoms with Crippen molar-refractivity contribution >= 4 is 23.2 Å². The summed E-state index contributed by atoms with van der Waals surface area (Å²) < 4.78 is 0. The zero-order valence-corrected chi connectivity index (χ0v) is 13.5. The van der Waals surface area contributed by atoms with Crippen LogP contribution in [0.1, 0.15) is 44.4 Å². The van der Waals surface area contributed by atoms with Crippen molar-refractivity contribution in [2.75, 3.05) is 13.1 Å². The number of amides is 1. The van der Waals surface area contributed by atoms with Gasteiger partial charge in [-0.15, -0.1) is 11.3 Å². The van der Waals surface area contributed by atoms with Gasteiger partial charge in [0.1, 0.15) is 0 Å². The van der Waals surface area contributed by atoms with Gasteiger partial charge in [-0.1, -0.05) is 6.07 Å². The topological polar surface area (TPSA) is 57.6 Å². The minimum atomic E-state index is -0.752. The van der Waals surface area contributed by atoms with Crippen LogP contribution in [0.25, 0.3) is 0 Å². The highest BCUT2D eigenvalue weighted by atomic mass is 32.1. The Labute approximate surface area is 129 Å². The second-order valence-electron chi connectivity index (χ2n) is 6.29. The number of carboxylic acid groups (broad SMARTS) is 1. The highest BCUT2D eigenvalue weighted by Gasteiger charge is 2.36. The van der Waals surface area contributed by atoms with E-state index in [2.05, 4.69) is 0 Å². The Morgan fingerprint density at radius 1 is 1.48 bits per heavy atom. The van der Waals surface area contributed by atoms with Crippen LogP contribution in [0.2, 0.25) is 0 Å². The average Bonchev–Trinajstić information content (AvgIpc) is 2.99. The van der Waals surface area contributed by atoms with Crippen molar-refractivity contribution in [3.8, 4) is 0 Å². The van der Waals surface area contributed by atoms with Crippen LogP contribution < -0.4 is 0 Å². The minimum absolute atomic E-state index is 0.157. The molecule has 1 fully saturated rings. The van der Waals surface area contributed by atoms with Gasteiger partial charge in [0.15, 0.2) is 0 Å². The van der Waals surface area contributed by atoms with Crippen LogP contribution in [0, 0.1) is 5.92 Å². The predicted octanol–water partition coefficient (Wildman–Crippen LogP) is 3.13. The fraction of sp³-hybridized carbons (Fsp3) is 0.625. The van der Waals surface area contributed by atoms with E-state index in [0.717, 1.165) is 24.3 Å². The lowest BCUT2D eigenvalue weighted by atomic mass is 9.87. The molecule has 1 aromatic rings. The Morgan fingerprint density at radius 2 is 2.24 bits per heavy atom. The number of hydrogen-bond donors (Lipinski definition) is 1. The molecule has 1 saturated heterocycles. The van der Waals surface area contributed by atoms with Gasteiger partial charge in [-0.25, -0.2) is 0 Å². The fourth-order valence-electron chi connectivity index (χ4n) is 2.95. The largest absolute Gasteiger partial charge is 0.481 e. The quantitative estimate of drug-likeness (QED) is 0.909. The highest BCUT2D eigenvalue weighted by molar-refractivity contribution is 7.10. The van der Waals surface area contributed by atoms with Gasteiger partial charge in [-0.2, -0.15) is 0 Å². The Kier molecular flexibility index (Phi) is 5.04. The van der Waals surface area contributed by atoms with E-state index in [1.165, 1.54) is 0 Å². The lowest BCUT2D eigenvalue weighted by Crippen LogP contribution is -2.47. The van der Waals surface area contributed by atoms with Gasteiger partial charge >= 0.3 is 5.97 Å². The first-order valence-corrected chi connectivity index (χ1v) is 8.34. The van der Waals surface area contributed by atoms with Crippen molar-refractivity contribution in [1.82, 2.24) is 4.90 Å². The molecule has 0 unspecified atom stereocenters. The molecule has 2 rings (SSSR count). The molecule has 0 aromatic carbocycles. The van der Waals surface area contributed by atoms with Gasteiger partial charge in [0.2, 0.25) is 5.91 Å². The maximum atomic E-state index is 12.8. The first-order valence-electron chi connectivity index (χ1n) is 7.46. The molecule has 0 aliphatic carbocycles. The number of aliphatic carboxylic acids is 1. The monoisotopic (exact) mass is 309 g/mol. The smallest absolute Gasteiger partial charge is 0.303 e. The SMILES string of the molecule is CC(C)(C(=O)N1CCC[C@@H](CCC(=O)O)C1)c1cccs1. The molecular formula is C16H23NO3S. The summed E-state index contributed by atoms with van der Waals surface area (Å²) in [6.07, 6.45) is 2.85. The van der Waals surface area contributed by atoms with E-state index in [1.807, 2.05) is 36.3 Å². The van der Waals surface area contributed by atoms with Crippen molar-refractivity contribution in [2.45, 2.75) is 44.9 Å². The second-order valence-corrected chi connectivity index (χ2v) is 7.24. The lowest BCUT2D eigenvalue weighted by Gasteiger charge is -2.37. The van der Waals surface area contributed by atoms with Gasteiger partial charge in [-0.05, 0) is 50.5 Å². The molecule has 116 valence electrons. The van der Waals surface area contributed by atoms with Crippen LogP contribution in [-0.2, 0) is 15.0 Å². The van der Waals surface area contributed by atoms with Crippen molar-refractivity contribution in [1.29, 1.82) is 0 Å². The Bertz CT molecular complexity index is 496. The number of carbonyl (C=O) groups is 2. The number of thiophene rings is 1. The third-order valence-electron chi connectivity index (χ3n) is 4.24. The van der Waals surface area contributed by atoms with Crippen molar-refractivity contribution in [2.24, 2.45) is 5.92 Å². The van der Waals surface area contributed by atoms with E-state index in [4.69, 9.17) is 5.11 Å². The summed E-state index contributed by atoms with van der Waals surface area (Å²) in [6, 6.07) is 3.98. The Morgan fingerprint density at radius 3 is 2.86 bits per heavy atom. The van der Waals surface area contributed by atoms with Crippen LogP contribution in [0.5, 0.6) is 0 Å². The molecule has 5 heteroatoms. The van der Waals surface area contributed by atoms with Crippen molar-refractivity contribution < 1.29 is 14.7 Å². The summed E-state index contributed by atoms with van der Waals surface area (Å²) in [5.74, 6) is -0.278. The van der Waals surface area contributed by atoms with Gasteiger partial charge in [0, 0.05) is 24.4 Å². The number of piperidine rings is 1. The van der Waals surface area contributed by atoms with Crippen LogP contribution in [0.4, 0.5) is 0 Å². The molecule has 2 heterocycles. The Hall–Kier alpha value is -1.36. The van der Waals surface area contributed by atoms with Gasteiger partial charge in [0.25, 0.3) is 0 Å². The van der Waals surface area contributed by atoms with E-state index < -0.39 is 11.4 Å². The molecule has 1 amide bonds. The number of nitrogens with zero attached hydrogens (tertiary/aromatic N) is 1. The minimum Gasteiger partial charge on any atom is -0.481 e. The maximum absolute atomic E-state index is 12.8. The molecule has 4 nitrogen and oxygen atoms in total. The standard InChI is InChI=1S/C16H23NO3S/c1-16(2,13-6-4-10-21-13)15(20)17-9-3-5-12(11-17)7-8-14(18)19/h4,6,10,12H,3,5,7-9,11H2,1-2H3,(H,18,19)/t12-/m0/s1. The first-order chi connectivity index (χ1) is 9.91. The molecular weight excluding hydrogens is 286 g/mol. The van der Waals surface area contributed by atoms with Gasteiger partial charge < -0.3 is 10.0 Å². The summed E-state index contributed by atoms with van der Waals surface area (Å²) in [7, 11) is 0. The molecule has 0 saturated carbocycles. The molecule has 0 radical (unpaired) electrons. The van der Waals surface area contributed by atoms with Crippen LogP contribution in [0.15, 0.2) is 17.5 Å². The molecule has 1 atom stereocenters. The molecule has 0 spiro atoms. The number of carbonyl (C=O) groups excluding carboxylic acids is 1. The fourth-order valence-corrected chi connectivity index (χ4v) is 3.79. The molecule has 1 aliphatic heterocycles. The summed E-state index contributed by atoms with van der Waals surface area (Å²) >= 11 is 1.61.